The minimum atomic E-state index is 0.573. The molecule has 2 rings (SSSR count). The first-order valence-electron chi connectivity index (χ1n) is 4.20. The number of rotatable bonds is 3. The summed E-state index contributed by atoms with van der Waals surface area (Å²) in [5, 5.41) is 3.06. The predicted molar refractivity (Wildman–Crippen MR) is 51.4 cm³/mol. The lowest BCUT2D eigenvalue weighted by Gasteiger charge is -2.02. The van der Waals surface area contributed by atoms with E-state index < -0.39 is 0 Å². The van der Waals surface area contributed by atoms with Gasteiger partial charge < -0.3 is 5.32 Å². The van der Waals surface area contributed by atoms with Crippen molar-refractivity contribution >= 4 is 5.95 Å². The van der Waals surface area contributed by atoms with E-state index >= 15 is 0 Å². The Bertz CT molecular complexity index is 335. The third-order valence-electron chi connectivity index (χ3n) is 1.67. The highest BCUT2D eigenvalue weighted by molar-refractivity contribution is 5.23. The fraction of sp³-hybridized carbons (Fsp3) is 0.111. The molecule has 0 aliphatic carbocycles. The second-order valence-corrected chi connectivity index (χ2v) is 2.68. The van der Waals surface area contributed by atoms with Crippen LogP contribution in [0, 0.1) is 0 Å². The van der Waals surface area contributed by atoms with Crippen LogP contribution < -0.4 is 5.32 Å². The van der Waals surface area contributed by atoms with Crippen molar-refractivity contribution in [2.45, 2.75) is 6.54 Å². The molecule has 0 aromatic carbocycles. The fourth-order valence-corrected chi connectivity index (χ4v) is 1.01. The van der Waals surface area contributed by atoms with E-state index in [9.17, 15) is 0 Å². The van der Waals surface area contributed by atoms with Crippen molar-refractivity contribution in [2.75, 3.05) is 5.32 Å². The molecule has 2 aromatic rings. The molecule has 0 unspecified atom stereocenters. The molecule has 5 heteroatoms. The lowest BCUT2D eigenvalue weighted by molar-refractivity contribution is 0.995. The number of pyridine rings is 1. The van der Waals surface area contributed by atoms with Gasteiger partial charge >= 0.3 is 0 Å². The van der Waals surface area contributed by atoms with Crippen molar-refractivity contribution in [1.82, 2.24) is 19.9 Å². The number of nitrogens with one attached hydrogen (secondary N) is 1. The summed E-state index contributed by atoms with van der Waals surface area (Å²) in [6.45, 7) is 0.665. The normalized spacial score (nSPS) is 9.71. The smallest absolute Gasteiger partial charge is 0.225 e. The molecular weight excluding hydrogens is 178 g/mol. The Kier molecular flexibility index (Phi) is 2.61. The van der Waals surface area contributed by atoms with E-state index in [0.29, 0.717) is 12.5 Å². The van der Waals surface area contributed by atoms with Gasteiger partial charge in [0.15, 0.2) is 0 Å². The summed E-state index contributed by atoms with van der Waals surface area (Å²) >= 11 is 0. The monoisotopic (exact) mass is 187 g/mol. The molecule has 2 aromatic heterocycles. The number of hydrogen-bond donors (Lipinski definition) is 1. The zero-order valence-electron chi connectivity index (χ0n) is 7.46. The van der Waals surface area contributed by atoms with E-state index in [4.69, 9.17) is 0 Å². The van der Waals surface area contributed by atoms with E-state index in [1.165, 1.54) is 12.7 Å². The minimum Gasteiger partial charge on any atom is -0.350 e. The summed E-state index contributed by atoms with van der Waals surface area (Å²) in [7, 11) is 0. The van der Waals surface area contributed by atoms with Gasteiger partial charge in [-0.15, -0.1) is 0 Å². The Morgan fingerprint density at radius 2 is 2.00 bits per heavy atom. The molecule has 14 heavy (non-hydrogen) atoms. The van der Waals surface area contributed by atoms with Gasteiger partial charge in [-0.25, -0.2) is 15.0 Å². The standard InChI is InChI=1S/C9H9N5/c1-2-8(4-10-3-1)5-12-9-13-6-11-7-14-9/h1-4,6-7H,5H2,(H,11,12,13,14). The third-order valence-corrected chi connectivity index (χ3v) is 1.67. The first kappa shape index (κ1) is 8.55. The number of hydrogen-bond acceptors (Lipinski definition) is 5. The van der Waals surface area contributed by atoms with Crippen molar-refractivity contribution in [2.24, 2.45) is 0 Å². The van der Waals surface area contributed by atoms with Gasteiger partial charge in [0.1, 0.15) is 12.7 Å². The molecule has 0 aliphatic rings. The average Bonchev–Trinajstić information content (AvgIpc) is 2.29. The molecule has 0 radical (unpaired) electrons. The summed E-state index contributed by atoms with van der Waals surface area (Å²) < 4.78 is 0. The van der Waals surface area contributed by atoms with Crippen LogP contribution in [0.5, 0.6) is 0 Å². The van der Waals surface area contributed by atoms with Gasteiger partial charge in [0, 0.05) is 18.9 Å². The van der Waals surface area contributed by atoms with Crippen LogP contribution in [0.25, 0.3) is 0 Å². The van der Waals surface area contributed by atoms with Crippen LogP contribution >= 0.6 is 0 Å². The molecule has 0 spiro atoms. The Balaban J connectivity index is 1.96. The summed E-state index contributed by atoms with van der Waals surface area (Å²) in [6.07, 6.45) is 6.46. The van der Waals surface area contributed by atoms with Crippen LogP contribution in [0.4, 0.5) is 5.95 Å². The molecule has 0 saturated carbocycles. The Morgan fingerprint density at radius 1 is 1.14 bits per heavy atom. The van der Waals surface area contributed by atoms with E-state index in [-0.39, 0.29) is 0 Å². The first-order chi connectivity index (χ1) is 6.95. The first-order valence-corrected chi connectivity index (χ1v) is 4.20. The molecule has 5 nitrogen and oxygen atoms in total. The summed E-state index contributed by atoms with van der Waals surface area (Å²) in [5.41, 5.74) is 1.09. The Morgan fingerprint density at radius 3 is 2.71 bits per heavy atom. The molecule has 0 amide bonds. The summed E-state index contributed by atoms with van der Waals surface area (Å²) in [5.74, 6) is 0.573. The topological polar surface area (TPSA) is 63.6 Å². The van der Waals surface area contributed by atoms with Crippen LogP contribution in [0.15, 0.2) is 37.2 Å². The quantitative estimate of drug-likeness (QED) is 0.772. The predicted octanol–water partition coefficient (Wildman–Crippen LogP) is 0.879. The van der Waals surface area contributed by atoms with Gasteiger partial charge in [-0.1, -0.05) is 6.07 Å². The molecule has 2 heterocycles. The largest absolute Gasteiger partial charge is 0.350 e. The van der Waals surface area contributed by atoms with E-state index in [1.54, 1.807) is 12.4 Å². The van der Waals surface area contributed by atoms with Crippen LogP contribution in [-0.4, -0.2) is 19.9 Å². The van der Waals surface area contributed by atoms with Gasteiger partial charge in [-0.05, 0) is 11.6 Å². The van der Waals surface area contributed by atoms with E-state index in [2.05, 4.69) is 25.3 Å². The van der Waals surface area contributed by atoms with Gasteiger partial charge in [0.25, 0.3) is 0 Å². The number of anilines is 1. The molecular formula is C9H9N5. The van der Waals surface area contributed by atoms with Gasteiger partial charge in [0.2, 0.25) is 5.95 Å². The van der Waals surface area contributed by atoms with Gasteiger partial charge in [0.05, 0.1) is 0 Å². The highest BCUT2D eigenvalue weighted by atomic mass is 15.1. The maximum Gasteiger partial charge on any atom is 0.225 e. The molecule has 0 aliphatic heterocycles. The van der Waals surface area contributed by atoms with Crippen molar-refractivity contribution < 1.29 is 0 Å². The molecule has 0 fully saturated rings. The fourth-order valence-electron chi connectivity index (χ4n) is 1.01. The molecule has 0 atom stereocenters. The SMILES string of the molecule is c1cncc(CNc2ncncn2)c1. The van der Waals surface area contributed by atoms with Gasteiger partial charge in [-0.3, -0.25) is 4.98 Å². The van der Waals surface area contributed by atoms with Crippen molar-refractivity contribution in [3.63, 3.8) is 0 Å². The number of aromatic nitrogens is 4. The Labute approximate surface area is 81.3 Å². The minimum absolute atomic E-state index is 0.573. The summed E-state index contributed by atoms with van der Waals surface area (Å²) in [6, 6.07) is 3.88. The van der Waals surface area contributed by atoms with Crippen molar-refractivity contribution in [3.8, 4) is 0 Å². The average molecular weight is 187 g/mol. The molecule has 0 saturated heterocycles. The highest BCUT2D eigenvalue weighted by Crippen LogP contribution is 1.99. The van der Waals surface area contributed by atoms with Crippen LogP contribution in [0.3, 0.4) is 0 Å². The summed E-state index contributed by atoms with van der Waals surface area (Å²) in [4.78, 5) is 15.6. The number of nitrogens with zero attached hydrogens (tertiary/aromatic N) is 4. The third kappa shape index (κ3) is 2.22. The van der Waals surface area contributed by atoms with Gasteiger partial charge in [-0.2, -0.15) is 0 Å². The van der Waals surface area contributed by atoms with Crippen LogP contribution in [0.1, 0.15) is 5.56 Å². The maximum atomic E-state index is 4.00. The second kappa shape index (κ2) is 4.27. The van der Waals surface area contributed by atoms with Crippen molar-refractivity contribution in [1.29, 1.82) is 0 Å². The highest BCUT2D eigenvalue weighted by Gasteiger charge is 1.94. The van der Waals surface area contributed by atoms with Crippen LogP contribution in [-0.2, 0) is 6.54 Å². The zero-order chi connectivity index (χ0) is 9.64. The zero-order valence-corrected chi connectivity index (χ0v) is 7.46. The van der Waals surface area contributed by atoms with E-state index in [0.717, 1.165) is 5.56 Å². The molecule has 0 bridgehead atoms. The molecule has 70 valence electrons. The molecule has 1 N–H and O–H groups in total. The maximum absolute atomic E-state index is 4.00. The van der Waals surface area contributed by atoms with E-state index in [1.807, 2.05) is 12.1 Å². The lowest BCUT2D eigenvalue weighted by Crippen LogP contribution is -2.03. The van der Waals surface area contributed by atoms with Crippen LogP contribution in [0.2, 0.25) is 0 Å². The Hall–Kier alpha value is -2.04. The lowest BCUT2D eigenvalue weighted by atomic mass is 10.3. The van der Waals surface area contributed by atoms with Crippen molar-refractivity contribution in [3.05, 3.63) is 42.7 Å². The second-order valence-electron chi connectivity index (χ2n) is 2.68.